The molecule has 2 aliphatic rings. The minimum Gasteiger partial charge on any atom is -0.228 e. The van der Waals surface area contributed by atoms with E-state index in [0.717, 1.165) is 25.7 Å². The highest BCUT2D eigenvalue weighted by molar-refractivity contribution is 9.12. The normalized spacial score (nSPS) is 48.8. The fourth-order valence-electron chi connectivity index (χ4n) is 2.31. The van der Waals surface area contributed by atoms with E-state index in [0.29, 0.717) is 4.83 Å². The third kappa shape index (κ3) is 1.61. The number of alkyl halides is 2. The Labute approximate surface area is 95.6 Å². The summed E-state index contributed by atoms with van der Waals surface area (Å²) in [4.78, 5) is 0.419. The van der Waals surface area contributed by atoms with E-state index in [4.69, 9.17) is 0 Å². The molecule has 0 aromatic carbocycles. The van der Waals surface area contributed by atoms with Crippen LogP contribution in [0.4, 0.5) is 0 Å². The highest BCUT2D eigenvalue weighted by atomic mass is 79.9. The Balaban J connectivity index is 2.37. The van der Waals surface area contributed by atoms with Crippen LogP contribution in [0.15, 0.2) is 0 Å². The third-order valence-corrected chi connectivity index (χ3v) is 9.26. The van der Waals surface area contributed by atoms with Gasteiger partial charge in [0, 0.05) is 9.65 Å². The summed E-state index contributed by atoms with van der Waals surface area (Å²) < 4.78 is 23.8. The molecule has 0 aliphatic carbocycles. The summed E-state index contributed by atoms with van der Waals surface area (Å²) >= 11 is 7.05. The number of halogens is 2. The van der Waals surface area contributed by atoms with Crippen LogP contribution in [0.1, 0.15) is 25.7 Å². The second kappa shape index (κ2) is 3.49. The lowest BCUT2D eigenvalue weighted by Crippen LogP contribution is -2.31. The number of hydrogen-bond donors (Lipinski definition) is 0. The van der Waals surface area contributed by atoms with E-state index >= 15 is 0 Å². The fourth-order valence-corrected chi connectivity index (χ4v) is 7.02. The first-order chi connectivity index (χ1) is 6.03. The van der Waals surface area contributed by atoms with Crippen molar-refractivity contribution in [2.75, 3.05) is 0 Å². The highest BCUT2D eigenvalue weighted by Crippen LogP contribution is 2.41. The molecule has 0 aromatic rings. The zero-order valence-electron chi connectivity index (χ0n) is 7.12. The molecule has 0 unspecified atom stereocenters. The van der Waals surface area contributed by atoms with Crippen molar-refractivity contribution in [2.24, 2.45) is 0 Å². The summed E-state index contributed by atoms with van der Waals surface area (Å²) in [5.74, 6) is 0. The van der Waals surface area contributed by atoms with Crippen molar-refractivity contribution in [3.05, 3.63) is 0 Å². The summed E-state index contributed by atoms with van der Waals surface area (Å²) in [5.41, 5.74) is 0. The van der Waals surface area contributed by atoms with Gasteiger partial charge in [0.05, 0.1) is 10.5 Å². The Morgan fingerprint density at radius 2 is 1.62 bits per heavy atom. The number of rotatable bonds is 0. The first-order valence-corrected chi connectivity index (χ1v) is 7.98. The van der Waals surface area contributed by atoms with Gasteiger partial charge in [0.1, 0.15) is 0 Å². The number of hydrogen-bond acceptors (Lipinski definition) is 2. The maximum atomic E-state index is 11.9. The average Bonchev–Trinajstić information content (AvgIpc) is 2.30. The lowest BCUT2D eigenvalue weighted by molar-refractivity contribution is 0.579. The molecule has 76 valence electrons. The third-order valence-electron chi connectivity index (χ3n) is 3.12. The van der Waals surface area contributed by atoms with Crippen LogP contribution in [-0.2, 0) is 9.84 Å². The van der Waals surface area contributed by atoms with Crippen LogP contribution in [0.5, 0.6) is 0 Å². The zero-order valence-corrected chi connectivity index (χ0v) is 11.1. The standard InChI is InChI=1S/C8H12Br2O2S/c9-6-3-1-5-2-4-7(8(6)10)13(5,11)12/h5-8H,1-4H2/t5-,6+,7-,8+/m0/s1. The highest BCUT2D eigenvalue weighted by Gasteiger charge is 2.48. The zero-order chi connectivity index (χ0) is 9.64. The molecule has 0 radical (unpaired) electrons. The molecule has 4 atom stereocenters. The van der Waals surface area contributed by atoms with Gasteiger partial charge < -0.3 is 0 Å². The molecule has 5 heteroatoms. The molecule has 0 N–H and O–H groups in total. The summed E-state index contributed by atoms with van der Waals surface area (Å²) in [5, 5.41) is -0.204. The lowest BCUT2D eigenvalue weighted by atomic mass is 10.0. The second-order valence-electron chi connectivity index (χ2n) is 3.86. The van der Waals surface area contributed by atoms with Crippen LogP contribution in [0.2, 0.25) is 0 Å². The van der Waals surface area contributed by atoms with Crippen LogP contribution in [0.3, 0.4) is 0 Å². The first-order valence-electron chi connectivity index (χ1n) is 4.54. The van der Waals surface area contributed by atoms with Crippen molar-refractivity contribution in [3.8, 4) is 0 Å². The Bertz CT molecular complexity index is 301. The first kappa shape index (κ1) is 10.4. The smallest absolute Gasteiger partial charge is 0.157 e. The van der Waals surface area contributed by atoms with E-state index in [1.54, 1.807) is 0 Å². The molecule has 2 aliphatic heterocycles. The van der Waals surface area contributed by atoms with Crippen LogP contribution in [0, 0.1) is 0 Å². The van der Waals surface area contributed by atoms with Crippen LogP contribution >= 0.6 is 31.9 Å². The molecule has 0 spiro atoms. The van der Waals surface area contributed by atoms with Gasteiger partial charge in [0.25, 0.3) is 0 Å². The van der Waals surface area contributed by atoms with E-state index in [1.165, 1.54) is 0 Å². The predicted octanol–water partition coefficient (Wildman–Crippen LogP) is 2.25. The predicted molar refractivity (Wildman–Crippen MR) is 60.4 cm³/mol. The van der Waals surface area contributed by atoms with Crippen molar-refractivity contribution in [1.29, 1.82) is 0 Å². The van der Waals surface area contributed by atoms with Crippen molar-refractivity contribution in [1.82, 2.24) is 0 Å². The van der Waals surface area contributed by atoms with Gasteiger partial charge in [0.15, 0.2) is 9.84 Å². The molecular weight excluding hydrogens is 320 g/mol. The topological polar surface area (TPSA) is 34.1 Å². The summed E-state index contributed by atoms with van der Waals surface area (Å²) in [6.45, 7) is 0. The summed E-state index contributed by atoms with van der Waals surface area (Å²) in [6, 6.07) is 0. The Hall–Kier alpha value is 0.910. The minimum absolute atomic E-state index is 0.0555. The molecular formula is C8H12Br2O2S. The quantitative estimate of drug-likeness (QED) is 0.638. The SMILES string of the molecule is O=S1(=O)[C@H]2CC[C@@H](Br)[C@@H](Br)[C@@H]1CC2. The summed E-state index contributed by atoms with van der Waals surface area (Å²) in [6.07, 6.45) is 3.51. The van der Waals surface area contributed by atoms with E-state index in [9.17, 15) is 8.42 Å². The Morgan fingerprint density at radius 1 is 1.00 bits per heavy atom. The molecule has 2 fully saturated rings. The van der Waals surface area contributed by atoms with Gasteiger partial charge >= 0.3 is 0 Å². The average molecular weight is 332 g/mol. The second-order valence-corrected chi connectivity index (χ2v) is 8.55. The molecule has 2 heterocycles. The van der Waals surface area contributed by atoms with E-state index in [1.807, 2.05) is 0 Å². The number of fused-ring (bicyclic) bond motifs is 2. The van der Waals surface area contributed by atoms with Crippen molar-refractivity contribution < 1.29 is 8.42 Å². The molecule has 0 aromatic heterocycles. The van der Waals surface area contributed by atoms with Crippen molar-refractivity contribution in [3.63, 3.8) is 0 Å². The van der Waals surface area contributed by atoms with Gasteiger partial charge in [-0.25, -0.2) is 8.42 Å². The van der Waals surface area contributed by atoms with Crippen LogP contribution in [0.25, 0.3) is 0 Å². The van der Waals surface area contributed by atoms with Gasteiger partial charge in [0.2, 0.25) is 0 Å². The molecule has 0 amide bonds. The van der Waals surface area contributed by atoms with Crippen LogP contribution in [-0.4, -0.2) is 28.6 Å². The van der Waals surface area contributed by atoms with Gasteiger partial charge in [-0.2, -0.15) is 0 Å². The summed E-state index contributed by atoms with van der Waals surface area (Å²) in [7, 11) is -2.82. The van der Waals surface area contributed by atoms with E-state index in [2.05, 4.69) is 31.9 Å². The molecule has 13 heavy (non-hydrogen) atoms. The molecule has 2 bridgehead atoms. The number of sulfone groups is 1. The Morgan fingerprint density at radius 3 is 2.31 bits per heavy atom. The molecule has 2 nitrogen and oxygen atoms in total. The van der Waals surface area contributed by atoms with Gasteiger partial charge in [-0.15, -0.1) is 0 Å². The largest absolute Gasteiger partial charge is 0.228 e. The maximum Gasteiger partial charge on any atom is 0.157 e. The van der Waals surface area contributed by atoms with E-state index < -0.39 is 9.84 Å². The molecule has 2 rings (SSSR count). The van der Waals surface area contributed by atoms with Crippen molar-refractivity contribution in [2.45, 2.75) is 45.8 Å². The maximum absolute atomic E-state index is 11.9. The lowest BCUT2D eigenvalue weighted by Gasteiger charge is -2.19. The monoisotopic (exact) mass is 330 g/mol. The van der Waals surface area contributed by atoms with Gasteiger partial charge in [-0.1, -0.05) is 31.9 Å². The fraction of sp³-hybridized carbons (Fsp3) is 1.00. The van der Waals surface area contributed by atoms with Crippen LogP contribution < -0.4 is 0 Å². The van der Waals surface area contributed by atoms with Gasteiger partial charge in [-0.3, -0.25) is 0 Å². The molecule has 2 saturated heterocycles. The van der Waals surface area contributed by atoms with Gasteiger partial charge in [-0.05, 0) is 25.7 Å². The molecule has 0 saturated carbocycles. The minimum atomic E-state index is -2.82. The Kier molecular flexibility index (Phi) is 2.80. The van der Waals surface area contributed by atoms with E-state index in [-0.39, 0.29) is 15.3 Å². The van der Waals surface area contributed by atoms with Crippen molar-refractivity contribution >= 4 is 41.7 Å².